The number of carbonyl (C=O) groups excluding carboxylic acids is 2. The van der Waals surface area contributed by atoms with Gasteiger partial charge in [-0.3, -0.25) is 9.69 Å². The van der Waals surface area contributed by atoms with E-state index in [0.717, 1.165) is 45.2 Å². The van der Waals surface area contributed by atoms with Crippen molar-refractivity contribution in [2.45, 2.75) is 44.1 Å². The maximum atomic E-state index is 12.1. The van der Waals surface area contributed by atoms with Crippen molar-refractivity contribution in [1.82, 2.24) is 15.1 Å². The van der Waals surface area contributed by atoms with Crippen LogP contribution in [-0.4, -0.2) is 61.6 Å². The molecule has 2 aromatic rings. The highest BCUT2D eigenvalue weighted by Gasteiger charge is 2.39. The number of halogens is 1. The van der Waals surface area contributed by atoms with Crippen molar-refractivity contribution in [3.05, 3.63) is 65.2 Å². The molecule has 2 amide bonds. The van der Waals surface area contributed by atoms with E-state index < -0.39 is 0 Å². The summed E-state index contributed by atoms with van der Waals surface area (Å²) in [6, 6.07) is 16.1. The number of carbonyl (C=O) groups is 2. The molecule has 1 fully saturated rings. The highest BCUT2D eigenvalue weighted by Crippen LogP contribution is 2.44. The third kappa shape index (κ3) is 5.87. The van der Waals surface area contributed by atoms with Gasteiger partial charge >= 0.3 is 6.09 Å². The summed E-state index contributed by atoms with van der Waals surface area (Å²) in [4.78, 5) is 28.3. The van der Waals surface area contributed by atoms with E-state index in [9.17, 15) is 9.59 Å². The summed E-state index contributed by atoms with van der Waals surface area (Å²) < 4.78 is 5.63. The van der Waals surface area contributed by atoms with E-state index in [2.05, 4.69) is 16.3 Å². The number of hydrogen-bond donors (Lipinski definition) is 1. The largest absolute Gasteiger partial charge is 0.414 e. The maximum absolute atomic E-state index is 12.1. The molecule has 7 heteroatoms. The number of hydrogen-bond acceptors (Lipinski definition) is 4. The van der Waals surface area contributed by atoms with Gasteiger partial charge in [0.1, 0.15) is 5.75 Å². The van der Waals surface area contributed by atoms with Gasteiger partial charge in [-0.1, -0.05) is 30.3 Å². The molecular formula is C26H34ClN3O3. The Morgan fingerprint density at radius 2 is 1.85 bits per heavy atom. The Kier molecular flexibility index (Phi) is 8.75. The van der Waals surface area contributed by atoms with E-state index in [1.807, 2.05) is 42.5 Å². The average Bonchev–Trinajstić information content (AvgIpc) is 3.23. The minimum absolute atomic E-state index is 0. The second-order valence-electron chi connectivity index (χ2n) is 8.95. The zero-order valence-electron chi connectivity index (χ0n) is 19.5. The standard InChI is InChI=1S/C26H33N3O3.ClH/c1-28(2)26(31)32-24-12-8-11-20-21-15-18-29(23(21)14-13-22(20)24)17-7-6-16-27-25(30)19-9-4-3-5-10-19;/h3-5,8-12,21,23H,6-7,13-18H2,1-2H3,(H,27,30);1H/t21-,23+;/m0./s1. The Morgan fingerprint density at radius 1 is 1.06 bits per heavy atom. The van der Waals surface area contributed by atoms with E-state index in [-0.39, 0.29) is 24.4 Å². The first-order chi connectivity index (χ1) is 15.5. The first-order valence-electron chi connectivity index (χ1n) is 11.6. The first-order valence-corrected chi connectivity index (χ1v) is 11.6. The second kappa shape index (κ2) is 11.5. The second-order valence-corrected chi connectivity index (χ2v) is 8.95. The van der Waals surface area contributed by atoms with Gasteiger partial charge in [0, 0.05) is 38.2 Å². The fourth-order valence-electron chi connectivity index (χ4n) is 5.05. The van der Waals surface area contributed by atoms with Gasteiger partial charge in [-0.05, 0) is 74.5 Å². The molecule has 1 aliphatic carbocycles. The monoisotopic (exact) mass is 471 g/mol. The van der Waals surface area contributed by atoms with Gasteiger partial charge < -0.3 is 15.0 Å². The predicted molar refractivity (Wildman–Crippen MR) is 132 cm³/mol. The van der Waals surface area contributed by atoms with Crippen LogP contribution < -0.4 is 10.1 Å². The summed E-state index contributed by atoms with van der Waals surface area (Å²) in [5.74, 6) is 1.23. The van der Waals surface area contributed by atoms with Gasteiger partial charge in [0.15, 0.2) is 0 Å². The summed E-state index contributed by atoms with van der Waals surface area (Å²) in [6.07, 6.45) is 4.91. The fourth-order valence-corrected chi connectivity index (χ4v) is 5.05. The normalized spacial score (nSPS) is 19.1. The molecule has 0 aromatic heterocycles. The zero-order chi connectivity index (χ0) is 22.5. The minimum Gasteiger partial charge on any atom is -0.410 e. The van der Waals surface area contributed by atoms with E-state index in [0.29, 0.717) is 29.8 Å². The molecule has 0 spiro atoms. The topological polar surface area (TPSA) is 61.9 Å². The minimum atomic E-state index is -0.326. The van der Waals surface area contributed by atoms with Gasteiger partial charge in [-0.2, -0.15) is 0 Å². The molecule has 0 radical (unpaired) electrons. The summed E-state index contributed by atoms with van der Waals surface area (Å²) >= 11 is 0. The smallest absolute Gasteiger partial charge is 0.410 e. The molecule has 2 aromatic carbocycles. The molecule has 1 saturated heterocycles. The van der Waals surface area contributed by atoms with Gasteiger partial charge in [0.25, 0.3) is 5.91 Å². The van der Waals surface area contributed by atoms with Crippen LogP contribution in [0.2, 0.25) is 0 Å². The number of unbranched alkanes of at least 4 members (excludes halogenated alkanes) is 1. The van der Waals surface area contributed by atoms with Crippen molar-refractivity contribution in [3.8, 4) is 5.75 Å². The molecule has 0 saturated carbocycles. The molecule has 1 heterocycles. The summed E-state index contributed by atoms with van der Waals surface area (Å²) in [6.45, 7) is 2.87. The third-order valence-corrected chi connectivity index (χ3v) is 6.68. The van der Waals surface area contributed by atoms with Crippen LogP contribution >= 0.6 is 12.4 Å². The molecule has 6 nitrogen and oxygen atoms in total. The van der Waals surface area contributed by atoms with Crippen LogP contribution in [-0.2, 0) is 6.42 Å². The Hall–Kier alpha value is -2.57. The molecule has 178 valence electrons. The Balaban J connectivity index is 0.00000306. The SMILES string of the molecule is CN(C)C(=O)Oc1cccc2c1CC[C@@H]1[C@H]2CCN1CCCCNC(=O)c1ccccc1.Cl. The first kappa shape index (κ1) is 25.1. The third-order valence-electron chi connectivity index (χ3n) is 6.68. The number of benzene rings is 2. The lowest BCUT2D eigenvalue weighted by Crippen LogP contribution is -2.36. The molecule has 33 heavy (non-hydrogen) atoms. The summed E-state index contributed by atoms with van der Waals surface area (Å²) in [5, 5.41) is 3.02. The van der Waals surface area contributed by atoms with Crippen LogP contribution in [0.3, 0.4) is 0 Å². The number of ether oxygens (including phenoxy) is 1. The van der Waals surface area contributed by atoms with Crippen molar-refractivity contribution in [3.63, 3.8) is 0 Å². The summed E-state index contributed by atoms with van der Waals surface area (Å²) in [7, 11) is 3.41. The number of rotatable bonds is 7. The van der Waals surface area contributed by atoms with Crippen LogP contribution in [0, 0.1) is 0 Å². The molecule has 1 N–H and O–H groups in total. The van der Waals surface area contributed by atoms with E-state index in [4.69, 9.17) is 4.74 Å². The van der Waals surface area contributed by atoms with Crippen molar-refractivity contribution in [2.24, 2.45) is 0 Å². The van der Waals surface area contributed by atoms with E-state index in [1.54, 1.807) is 14.1 Å². The fraction of sp³-hybridized carbons (Fsp3) is 0.462. The molecule has 1 aliphatic heterocycles. The van der Waals surface area contributed by atoms with Crippen LogP contribution in [0.25, 0.3) is 0 Å². The Bertz CT molecular complexity index is 951. The molecule has 2 aliphatic rings. The molecule has 0 unspecified atom stereocenters. The molecular weight excluding hydrogens is 438 g/mol. The lowest BCUT2D eigenvalue weighted by atomic mass is 9.79. The van der Waals surface area contributed by atoms with Gasteiger partial charge in [0.05, 0.1) is 0 Å². The van der Waals surface area contributed by atoms with E-state index in [1.165, 1.54) is 16.0 Å². The number of amides is 2. The lowest BCUT2D eigenvalue weighted by molar-refractivity contribution is 0.0952. The van der Waals surface area contributed by atoms with Crippen LogP contribution in [0.4, 0.5) is 4.79 Å². The van der Waals surface area contributed by atoms with Crippen molar-refractivity contribution < 1.29 is 14.3 Å². The van der Waals surface area contributed by atoms with Gasteiger partial charge in [0.2, 0.25) is 0 Å². The van der Waals surface area contributed by atoms with Crippen molar-refractivity contribution in [2.75, 3.05) is 33.7 Å². The number of nitrogens with one attached hydrogen (secondary N) is 1. The highest BCUT2D eigenvalue weighted by atomic mass is 35.5. The molecule has 4 rings (SSSR count). The van der Waals surface area contributed by atoms with Crippen LogP contribution in [0.1, 0.15) is 53.1 Å². The maximum Gasteiger partial charge on any atom is 0.414 e. The Morgan fingerprint density at radius 3 is 2.61 bits per heavy atom. The molecule has 0 bridgehead atoms. The molecule has 2 atom stereocenters. The van der Waals surface area contributed by atoms with Crippen LogP contribution in [0.15, 0.2) is 48.5 Å². The van der Waals surface area contributed by atoms with Gasteiger partial charge in [-0.25, -0.2) is 4.79 Å². The number of fused-ring (bicyclic) bond motifs is 3. The predicted octanol–water partition coefficient (Wildman–Crippen LogP) is 4.48. The van der Waals surface area contributed by atoms with Crippen molar-refractivity contribution in [1.29, 1.82) is 0 Å². The van der Waals surface area contributed by atoms with Crippen molar-refractivity contribution >= 4 is 24.4 Å². The zero-order valence-corrected chi connectivity index (χ0v) is 20.3. The Labute approximate surface area is 202 Å². The average molecular weight is 472 g/mol. The summed E-state index contributed by atoms with van der Waals surface area (Å²) in [5.41, 5.74) is 3.27. The van der Waals surface area contributed by atoms with E-state index >= 15 is 0 Å². The highest BCUT2D eigenvalue weighted by molar-refractivity contribution is 5.94. The van der Waals surface area contributed by atoms with Crippen LogP contribution in [0.5, 0.6) is 5.75 Å². The number of likely N-dealkylation sites (tertiary alicyclic amines) is 1. The lowest BCUT2D eigenvalue weighted by Gasteiger charge is -2.34. The number of nitrogens with zero attached hydrogens (tertiary/aromatic N) is 2. The quantitative estimate of drug-likeness (QED) is 0.604. The van der Waals surface area contributed by atoms with Gasteiger partial charge in [-0.15, -0.1) is 12.4 Å².